The summed E-state index contributed by atoms with van der Waals surface area (Å²) in [5.41, 5.74) is 0.0761. The number of piperidine rings is 1. The summed E-state index contributed by atoms with van der Waals surface area (Å²) in [4.78, 5) is 29.6. The molecule has 1 aromatic carbocycles. The summed E-state index contributed by atoms with van der Waals surface area (Å²) in [6.07, 6.45) is 3.24. The van der Waals surface area contributed by atoms with Crippen LogP contribution in [0.2, 0.25) is 0 Å². The van der Waals surface area contributed by atoms with Crippen LogP contribution in [0.4, 0.5) is 4.39 Å². The van der Waals surface area contributed by atoms with Crippen molar-refractivity contribution in [2.24, 2.45) is 0 Å². The number of carbonyl (C=O) groups is 1. The van der Waals surface area contributed by atoms with Crippen LogP contribution in [0, 0.1) is 5.82 Å². The topological polar surface area (TPSA) is 58.4 Å². The van der Waals surface area contributed by atoms with E-state index in [9.17, 15) is 14.0 Å². The lowest BCUT2D eigenvalue weighted by atomic mass is 10.0. The van der Waals surface area contributed by atoms with E-state index >= 15 is 0 Å². The van der Waals surface area contributed by atoms with E-state index in [4.69, 9.17) is 0 Å². The molecule has 144 valence electrons. The standard InChI is InChI=1S/C20H25FN4O2/c1-14(2)25(17-8-11-23(3)12-9-17)20(27)19-18(26)10-13-24(22-19)16-6-4-15(21)5-7-16/h4-7,10,13-14,17H,8-9,11-12H2,1-3H3. The number of halogens is 1. The van der Waals surface area contributed by atoms with Gasteiger partial charge < -0.3 is 9.80 Å². The second-order valence-corrected chi connectivity index (χ2v) is 7.29. The van der Waals surface area contributed by atoms with Crippen molar-refractivity contribution in [1.29, 1.82) is 0 Å². The first-order chi connectivity index (χ1) is 12.9. The Hall–Kier alpha value is -2.54. The van der Waals surface area contributed by atoms with Gasteiger partial charge in [-0.05, 0) is 71.1 Å². The number of aromatic nitrogens is 2. The van der Waals surface area contributed by atoms with E-state index in [-0.39, 0.29) is 29.5 Å². The number of likely N-dealkylation sites (tertiary alicyclic amines) is 1. The van der Waals surface area contributed by atoms with Gasteiger partial charge in [-0.15, -0.1) is 0 Å². The highest BCUT2D eigenvalue weighted by Gasteiger charge is 2.31. The lowest BCUT2D eigenvalue weighted by Crippen LogP contribution is -2.50. The van der Waals surface area contributed by atoms with Crippen LogP contribution in [-0.4, -0.2) is 57.7 Å². The van der Waals surface area contributed by atoms with Crippen LogP contribution in [0.3, 0.4) is 0 Å². The van der Waals surface area contributed by atoms with E-state index in [0.717, 1.165) is 25.9 Å². The van der Waals surface area contributed by atoms with Gasteiger partial charge in [-0.1, -0.05) is 0 Å². The summed E-state index contributed by atoms with van der Waals surface area (Å²) in [6.45, 7) is 5.75. The summed E-state index contributed by atoms with van der Waals surface area (Å²) in [7, 11) is 2.07. The van der Waals surface area contributed by atoms with Crippen LogP contribution in [0.5, 0.6) is 0 Å². The minimum Gasteiger partial charge on any atom is -0.332 e. The second-order valence-electron chi connectivity index (χ2n) is 7.29. The number of rotatable bonds is 4. The summed E-state index contributed by atoms with van der Waals surface area (Å²) < 4.78 is 14.6. The van der Waals surface area contributed by atoms with Gasteiger partial charge in [0.25, 0.3) is 5.91 Å². The Morgan fingerprint density at radius 2 is 1.81 bits per heavy atom. The Labute approximate surface area is 158 Å². The molecule has 1 aromatic heterocycles. The molecule has 1 fully saturated rings. The van der Waals surface area contributed by atoms with Crippen LogP contribution in [0.15, 0.2) is 41.3 Å². The minimum absolute atomic E-state index is 0.0356. The van der Waals surface area contributed by atoms with Gasteiger partial charge in [0.1, 0.15) is 5.82 Å². The van der Waals surface area contributed by atoms with Crippen molar-refractivity contribution in [3.8, 4) is 5.69 Å². The largest absolute Gasteiger partial charge is 0.332 e. The minimum atomic E-state index is -0.406. The molecule has 27 heavy (non-hydrogen) atoms. The third-order valence-corrected chi connectivity index (χ3v) is 4.97. The average molecular weight is 372 g/mol. The summed E-state index contributed by atoms with van der Waals surface area (Å²) in [5, 5.41) is 4.27. The third kappa shape index (κ3) is 4.24. The highest BCUT2D eigenvalue weighted by atomic mass is 19.1. The van der Waals surface area contributed by atoms with Crippen LogP contribution in [0.1, 0.15) is 37.2 Å². The van der Waals surface area contributed by atoms with E-state index in [1.54, 1.807) is 17.0 Å². The maximum atomic E-state index is 13.2. The van der Waals surface area contributed by atoms with Gasteiger partial charge in [0, 0.05) is 24.3 Å². The maximum absolute atomic E-state index is 13.2. The molecular weight excluding hydrogens is 347 g/mol. The van der Waals surface area contributed by atoms with Crippen LogP contribution < -0.4 is 5.43 Å². The maximum Gasteiger partial charge on any atom is 0.278 e. The highest BCUT2D eigenvalue weighted by Crippen LogP contribution is 2.20. The monoisotopic (exact) mass is 372 g/mol. The Morgan fingerprint density at radius 1 is 1.19 bits per heavy atom. The lowest BCUT2D eigenvalue weighted by molar-refractivity contribution is 0.0497. The number of hydrogen-bond donors (Lipinski definition) is 0. The Bertz CT molecular complexity index is 855. The van der Waals surface area contributed by atoms with Crippen molar-refractivity contribution < 1.29 is 9.18 Å². The van der Waals surface area contributed by atoms with E-state index in [0.29, 0.717) is 5.69 Å². The molecule has 1 aliphatic heterocycles. The number of benzene rings is 1. The lowest BCUT2D eigenvalue weighted by Gasteiger charge is -2.39. The summed E-state index contributed by atoms with van der Waals surface area (Å²) in [5.74, 6) is -0.703. The number of amides is 1. The van der Waals surface area contributed by atoms with E-state index < -0.39 is 5.43 Å². The first-order valence-electron chi connectivity index (χ1n) is 9.24. The van der Waals surface area contributed by atoms with Crippen LogP contribution >= 0.6 is 0 Å². The normalized spacial score (nSPS) is 15.9. The molecule has 0 unspecified atom stereocenters. The van der Waals surface area contributed by atoms with E-state index in [2.05, 4.69) is 17.0 Å². The van der Waals surface area contributed by atoms with Crippen LogP contribution in [0.25, 0.3) is 5.69 Å². The van der Waals surface area contributed by atoms with E-state index in [1.165, 1.54) is 29.1 Å². The van der Waals surface area contributed by atoms with Crippen molar-refractivity contribution in [2.75, 3.05) is 20.1 Å². The van der Waals surface area contributed by atoms with Gasteiger partial charge in [-0.2, -0.15) is 5.10 Å². The van der Waals surface area contributed by atoms with Crippen molar-refractivity contribution in [1.82, 2.24) is 19.6 Å². The van der Waals surface area contributed by atoms with Gasteiger partial charge in [0.05, 0.1) is 5.69 Å². The molecule has 1 amide bonds. The molecule has 2 aromatic rings. The third-order valence-electron chi connectivity index (χ3n) is 4.97. The molecule has 1 aliphatic rings. The fraction of sp³-hybridized carbons (Fsp3) is 0.450. The Kier molecular flexibility index (Phi) is 5.70. The van der Waals surface area contributed by atoms with Crippen molar-refractivity contribution >= 4 is 5.91 Å². The molecule has 0 spiro atoms. The Balaban J connectivity index is 1.93. The van der Waals surface area contributed by atoms with Gasteiger partial charge in [-0.25, -0.2) is 9.07 Å². The zero-order chi connectivity index (χ0) is 19.6. The predicted molar refractivity (Wildman–Crippen MR) is 102 cm³/mol. The summed E-state index contributed by atoms with van der Waals surface area (Å²) in [6, 6.07) is 7.12. The van der Waals surface area contributed by atoms with Gasteiger partial charge >= 0.3 is 0 Å². The zero-order valence-corrected chi connectivity index (χ0v) is 15.9. The van der Waals surface area contributed by atoms with Crippen molar-refractivity contribution in [3.63, 3.8) is 0 Å². The molecule has 0 bridgehead atoms. The Morgan fingerprint density at radius 3 is 2.41 bits per heavy atom. The SMILES string of the molecule is CC(C)N(C(=O)c1nn(-c2ccc(F)cc2)ccc1=O)C1CCN(C)CC1. The molecule has 0 N–H and O–H groups in total. The first kappa shape index (κ1) is 19.2. The molecular formula is C20H25FN4O2. The quantitative estimate of drug-likeness (QED) is 0.827. The number of hydrogen-bond acceptors (Lipinski definition) is 4. The first-order valence-corrected chi connectivity index (χ1v) is 9.24. The summed E-state index contributed by atoms with van der Waals surface area (Å²) >= 11 is 0. The highest BCUT2D eigenvalue weighted by molar-refractivity contribution is 5.92. The molecule has 0 aliphatic carbocycles. The molecule has 7 heteroatoms. The van der Waals surface area contributed by atoms with Crippen LogP contribution in [-0.2, 0) is 0 Å². The number of carbonyl (C=O) groups excluding carboxylic acids is 1. The van der Waals surface area contributed by atoms with Gasteiger partial charge in [0.15, 0.2) is 5.69 Å². The van der Waals surface area contributed by atoms with E-state index in [1.807, 2.05) is 13.8 Å². The fourth-order valence-corrected chi connectivity index (χ4v) is 3.51. The van der Waals surface area contributed by atoms with Crippen molar-refractivity contribution in [2.45, 2.75) is 38.8 Å². The molecule has 3 rings (SSSR count). The zero-order valence-electron chi connectivity index (χ0n) is 15.9. The van der Waals surface area contributed by atoms with Gasteiger partial charge in [0.2, 0.25) is 5.43 Å². The van der Waals surface area contributed by atoms with Crippen molar-refractivity contribution in [3.05, 3.63) is 58.3 Å². The molecule has 0 radical (unpaired) electrons. The molecule has 1 saturated heterocycles. The number of nitrogens with zero attached hydrogens (tertiary/aromatic N) is 4. The molecule has 0 saturated carbocycles. The smallest absolute Gasteiger partial charge is 0.278 e. The fourth-order valence-electron chi connectivity index (χ4n) is 3.51. The molecule has 0 atom stereocenters. The van der Waals surface area contributed by atoms with Gasteiger partial charge in [-0.3, -0.25) is 9.59 Å². The predicted octanol–water partition coefficient (Wildman–Crippen LogP) is 2.32. The average Bonchev–Trinajstić information content (AvgIpc) is 2.64. The second kappa shape index (κ2) is 8.00. The molecule has 2 heterocycles. The molecule has 6 nitrogen and oxygen atoms in total.